The molecule has 1 amide bonds. The van der Waals surface area contributed by atoms with Gasteiger partial charge < -0.3 is 14.6 Å². The van der Waals surface area contributed by atoms with Gasteiger partial charge in [0.2, 0.25) is 0 Å². The van der Waals surface area contributed by atoms with Crippen LogP contribution in [0.2, 0.25) is 0 Å². The summed E-state index contributed by atoms with van der Waals surface area (Å²) in [6.07, 6.45) is 1.95. The Hall–Kier alpha value is 0.376. The van der Waals surface area contributed by atoms with Gasteiger partial charge in [0.05, 0.1) is 12.0 Å². The average Bonchev–Trinajstić information content (AvgIpc) is 2.73. The smallest absolute Gasteiger partial charge is 0.548 e. The number of nitrogens with zero attached hydrogens (tertiary/aromatic N) is 1. The van der Waals surface area contributed by atoms with Gasteiger partial charge in [-0.25, -0.2) is 4.79 Å². The van der Waals surface area contributed by atoms with Crippen molar-refractivity contribution in [2.45, 2.75) is 51.7 Å². The van der Waals surface area contributed by atoms with Crippen molar-refractivity contribution in [1.29, 1.82) is 0 Å². The van der Waals surface area contributed by atoms with E-state index in [4.69, 9.17) is 4.74 Å². The van der Waals surface area contributed by atoms with Crippen LogP contribution >= 0.6 is 0 Å². The average molecular weight is 279 g/mol. The standard InChI is InChI=1S/C12H19NO4.K/c1-11(2,3)17-10(16)13-7-12(4-5-12)6-8(13)9(14)15;/h8H,4-7H2,1-3H3,(H,14,15);/q;+1/p-1/t8-;/m1./s1. The van der Waals surface area contributed by atoms with Crippen LogP contribution in [0.1, 0.15) is 40.0 Å². The minimum absolute atomic E-state index is 0. The second-order valence-corrected chi connectivity index (χ2v) is 6.15. The van der Waals surface area contributed by atoms with Crippen LogP contribution in [-0.2, 0) is 9.53 Å². The second-order valence-electron chi connectivity index (χ2n) is 6.15. The molecular formula is C12H18KNO4. The molecule has 1 saturated heterocycles. The molecule has 2 rings (SSSR count). The number of ether oxygens (including phenoxy) is 1. The van der Waals surface area contributed by atoms with Crippen LogP contribution < -0.4 is 56.5 Å². The third kappa shape index (κ3) is 3.69. The fraction of sp³-hybridized carbons (Fsp3) is 0.833. The topological polar surface area (TPSA) is 69.7 Å². The molecule has 0 N–H and O–H groups in total. The van der Waals surface area contributed by atoms with Crippen molar-refractivity contribution in [3.8, 4) is 0 Å². The molecule has 18 heavy (non-hydrogen) atoms. The van der Waals surface area contributed by atoms with Crippen molar-refractivity contribution >= 4 is 12.1 Å². The van der Waals surface area contributed by atoms with Gasteiger partial charge in [-0.2, -0.15) is 0 Å². The first kappa shape index (κ1) is 16.4. The van der Waals surface area contributed by atoms with Gasteiger partial charge in [0.25, 0.3) is 0 Å². The third-order valence-electron chi connectivity index (χ3n) is 3.37. The second kappa shape index (κ2) is 5.40. The molecule has 1 saturated carbocycles. The molecule has 2 fully saturated rings. The molecule has 1 spiro atoms. The van der Waals surface area contributed by atoms with Crippen molar-refractivity contribution in [2.75, 3.05) is 6.54 Å². The van der Waals surface area contributed by atoms with E-state index in [0.717, 1.165) is 12.8 Å². The number of carbonyl (C=O) groups is 2. The summed E-state index contributed by atoms with van der Waals surface area (Å²) in [5.41, 5.74) is -0.575. The predicted molar refractivity (Wildman–Crippen MR) is 58.0 cm³/mol. The van der Waals surface area contributed by atoms with Crippen LogP contribution in [0.5, 0.6) is 0 Å². The van der Waals surface area contributed by atoms with Gasteiger partial charge >= 0.3 is 57.5 Å². The molecule has 6 heteroatoms. The minimum atomic E-state index is -1.18. The Balaban J connectivity index is 0.00000162. The number of carboxylic acid groups (broad SMARTS) is 1. The summed E-state index contributed by atoms with van der Waals surface area (Å²) in [5, 5.41) is 11.0. The quantitative estimate of drug-likeness (QED) is 0.499. The zero-order valence-corrected chi connectivity index (χ0v) is 14.6. The van der Waals surface area contributed by atoms with Crippen molar-refractivity contribution in [2.24, 2.45) is 5.41 Å². The van der Waals surface area contributed by atoms with E-state index in [1.165, 1.54) is 4.90 Å². The zero-order valence-electron chi connectivity index (χ0n) is 11.5. The summed E-state index contributed by atoms with van der Waals surface area (Å²) in [6, 6.07) is -0.827. The van der Waals surface area contributed by atoms with E-state index < -0.39 is 23.7 Å². The monoisotopic (exact) mass is 279 g/mol. The van der Waals surface area contributed by atoms with Crippen LogP contribution in [0.4, 0.5) is 4.79 Å². The van der Waals surface area contributed by atoms with Gasteiger partial charge in [-0.15, -0.1) is 0 Å². The fourth-order valence-corrected chi connectivity index (χ4v) is 2.32. The number of hydrogen-bond donors (Lipinski definition) is 0. The number of carboxylic acids is 1. The minimum Gasteiger partial charge on any atom is -0.548 e. The van der Waals surface area contributed by atoms with E-state index in [1.807, 2.05) is 0 Å². The molecule has 0 unspecified atom stereocenters. The SMILES string of the molecule is CC(C)(C)OC(=O)N1CC2(CC2)C[C@@H]1C(=O)[O-].[K+]. The van der Waals surface area contributed by atoms with Gasteiger partial charge in [-0.3, -0.25) is 4.90 Å². The van der Waals surface area contributed by atoms with Crippen molar-refractivity contribution in [1.82, 2.24) is 4.90 Å². The molecule has 96 valence electrons. The number of hydrogen-bond acceptors (Lipinski definition) is 4. The molecule has 1 aliphatic carbocycles. The maximum absolute atomic E-state index is 11.9. The van der Waals surface area contributed by atoms with Gasteiger partial charge in [0, 0.05) is 6.54 Å². The number of aliphatic carboxylic acids is 1. The van der Waals surface area contributed by atoms with Gasteiger partial charge in [0.15, 0.2) is 0 Å². The van der Waals surface area contributed by atoms with Crippen molar-refractivity contribution in [3.63, 3.8) is 0 Å². The van der Waals surface area contributed by atoms with Crippen molar-refractivity contribution in [3.05, 3.63) is 0 Å². The molecule has 1 aliphatic heterocycles. The first-order valence-electron chi connectivity index (χ1n) is 5.93. The zero-order chi connectivity index (χ0) is 12.8. The van der Waals surface area contributed by atoms with Crippen LogP contribution in [0.25, 0.3) is 0 Å². The van der Waals surface area contributed by atoms with Gasteiger partial charge in [-0.1, -0.05) is 0 Å². The Labute approximate surface area is 150 Å². The van der Waals surface area contributed by atoms with Gasteiger partial charge in [0.1, 0.15) is 5.60 Å². The molecule has 0 radical (unpaired) electrons. The Morgan fingerprint density at radius 1 is 1.33 bits per heavy atom. The van der Waals surface area contributed by atoms with Crippen LogP contribution in [-0.4, -0.2) is 35.2 Å². The number of carbonyl (C=O) groups excluding carboxylic acids is 2. The third-order valence-corrected chi connectivity index (χ3v) is 3.37. The van der Waals surface area contributed by atoms with Crippen LogP contribution in [0.15, 0.2) is 0 Å². The molecule has 1 heterocycles. The van der Waals surface area contributed by atoms with E-state index >= 15 is 0 Å². The molecule has 0 aromatic carbocycles. The Morgan fingerprint density at radius 2 is 1.89 bits per heavy atom. The summed E-state index contributed by atoms with van der Waals surface area (Å²) in [7, 11) is 0. The number of likely N-dealkylation sites (tertiary alicyclic amines) is 1. The summed E-state index contributed by atoms with van der Waals surface area (Å²) < 4.78 is 5.22. The Morgan fingerprint density at radius 3 is 2.28 bits per heavy atom. The maximum Gasteiger partial charge on any atom is 1.00 e. The molecule has 0 bridgehead atoms. The summed E-state index contributed by atoms with van der Waals surface area (Å²) in [5.74, 6) is -1.18. The first-order valence-corrected chi connectivity index (χ1v) is 5.93. The van der Waals surface area contributed by atoms with E-state index in [1.54, 1.807) is 20.8 Å². The molecule has 0 aromatic rings. The molecule has 0 aromatic heterocycles. The summed E-state index contributed by atoms with van der Waals surface area (Å²) in [4.78, 5) is 24.3. The number of amides is 1. The van der Waals surface area contributed by atoms with Crippen molar-refractivity contribution < 1.29 is 70.8 Å². The molecule has 2 aliphatic rings. The Kier molecular flexibility index (Phi) is 4.93. The largest absolute Gasteiger partial charge is 1.00 e. The fourth-order valence-electron chi connectivity index (χ4n) is 2.32. The Bertz CT molecular complexity index is 360. The van der Waals surface area contributed by atoms with E-state index in [-0.39, 0.29) is 56.8 Å². The van der Waals surface area contributed by atoms with Crippen LogP contribution in [0.3, 0.4) is 0 Å². The molecule has 5 nitrogen and oxygen atoms in total. The van der Waals surface area contributed by atoms with E-state index in [0.29, 0.717) is 13.0 Å². The van der Waals surface area contributed by atoms with E-state index in [9.17, 15) is 14.7 Å². The maximum atomic E-state index is 11.9. The van der Waals surface area contributed by atoms with Gasteiger partial charge in [-0.05, 0) is 45.4 Å². The number of rotatable bonds is 1. The summed E-state index contributed by atoms with van der Waals surface area (Å²) in [6.45, 7) is 5.78. The first-order chi connectivity index (χ1) is 7.72. The predicted octanol–water partition coefficient (Wildman–Crippen LogP) is -2.47. The molecular weight excluding hydrogens is 261 g/mol. The summed E-state index contributed by atoms with van der Waals surface area (Å²) >= 11 is 0. The van der Waals surface area contributed by atoms with E-state index in [2.05, 4.69) is 0 Å². The van der Waals surface area contributed by atoms with Crippen LogP contribution in [0, 0.1) is 5.41 Å². The normalized spacial score (nSPS) is 24.6. The molecule has 1 atom stereocenters.